The average molecular weight is 342 g/mol. The summed E-state index contributed by atoms with van der Waals surface area (Å²) in [5.74, 6) is 1.65. The molecule has 0 bridgehead atoms. The lowest BCUT2D eigenvalue weighted by atomic mass is 9.91. The molecule has 1 saturated heterocycles. The van der Waals surface area contributed by atoms with Crippen LogP contribution in [0.2, 0.25) is 0 Å². The first-order valence-electron chi connectivity index (χ1n) is 9.24. The van der Waals surface area contributed by atoms with Crippen LogP contribution in [0.3, 0.4) is 0 Å². The van der Waals surface area contributed by atoms with Crippen molar-refractivity contribution in [2.75, 3.05) is 31.1 Å². The molecule has 0 radical (unpaired) electrons. The Morgan fingerprint density at radius 2 is 1.68 bits per heavy atom. The monoisotopic (exact) mass is 342 g/mol. The molecule has 2 unspecified atom stereocenters. The molecule has 0 amide bonds. The molecule has 2 aromatic rings. The summed E-state index contributed by atoms with van der Waals surface area (Å²) in [5, 5.41) is 23.3. The molecule has 0 spiro atoms. The van der Waals surface area contributed by atoms with Crippen LogP contribution < -0.4 is 4.90 Å². The van der Waals surface area contributed by atoms with Gasteiger partial charge in [0.2, 0.25) is 0 Å². The molecule has 7 heteroatoms. The number of hydrogen-bond acceptors (Lipinski definition) is 6. The lowest BCUT2D eigenvalue weighted by Gasteiger charge is -2.42. The van der Waals surface area contributed by atoms with Crippen LogP contribution in [0.15, 0.2) is 24.4 Å². The van der Waals surface area contributed by atoms with Crippen LogP contribution in [0.4, 0.5) is 5.82 Å². The van der Waals surface area contributed by atoms with Gasteiger partial charge in [0.05, 0.1) is 11.8 Å². The van der Waals surface area contributed by atoms with Gasteiger partial charge in [0.25, 0.3) is 0 Å². The Labute approximate surface area is 148 Å². The van der Waals surface area contributed by atoms with E-state index in [1.807, 2.05) is 31.3 Å². The van der Waals surface area contributed by atoms with E-state index in [2.05, 4.69) is 25.1 Å². The molecular formula is C18H26N6O. The second-order valence-corrected chi connectivity index (χ2v) is 7.09. The molecule has 2 fully saturated rings. The minimum absolute atomic E-state index is 0.156. The van der Waals surface area contributed by atoms with Gasteiger partial charge in [-0.3, -0.25) is 4.90 Å². The maximum absolute atomic E-state index is 10.3. The van der Waals surface area contributed by atoms with Crippen LogP contribution in [0, 0.1) is 6.92 Å². The fraction of sp³-hybridized carbons (Fsp3) is 0.611. The van der Waals surface area contributed by atoms with Gasteiger partial charge >= 0.3 is 0 Å². The lowest BCUT2D eigenvalue weighted by molar-refractivity contribution is 0.0172. The predicted molar refractivity (Wildman–Crippen MR) is 95.9 cm³/mol. The van der Waals surface area contributed by atoms with Gasteiger partial charge in [-0.05, 0) is 38.0 Å². The van der Waals surface area contributed by atoms with Crippen molar-refractivity contribution in [3.05, 3.63) is 30.1 Å². The summed E-state index contributed by atoms with van der Waals surface area (Å²) in [4.78, 5) is 4.73. The Morgan fingerprint density at radius 3 is 2.32 bits per heavy atom. The first-order valence-corrected chi connectivity index (χ1v) is 9.24. The number of aryl methyl sites for hydroxylation is 1. The number of anilines is 1. The molecule has 1 aliphatic carbocycles. The molecule has 2 aromatic heterocycles. The van der Waals surface area contributed by atoms with Gasteiger partial charge in [0, 0.05) is 38.4 Å². The molecule has 4 rings (SSSR count). The second-order valence-electron chi connectivity index (χ2n) is 7.09. The molecular weight excluding hydrogens is 316 g/mol. The summed E-state index contributed by atoms with van der Waals surface area (Å²) in [6.07, 6.45) is 6.21. The maximum Gasteiger partial charge on any atom is 0.175 e. The topological polar surface area (TPSA) is 70.3 Å². The van der Waals surface area contributed by atoms with Crippen molar-refractivity contribution >= 4 is 5.82 Å². The minimum Gasteiger partial charge on any atom is -0.391 e. The lowest BCUT2D eigenvalue weighted by Crippen LogP contribution is -2.54. The van der Waals surface area contributed by atoms with E-state index in [9.17, 15) is 5.11 Å². The third-order valence-electron chi connectivity index (χ3n) is 5.39. The van der Waals surface area contributed by atoms with Crippen LogP contribution in [-0.2, 0) is 0 Å². The molecule has 7 nitrogen and oxygen atoms in total. The van der Waals surface area contributed by atoms with Gasteiger partial charge in [-0.15, -0.1) is 10.2 Å². The highest BCUT2D eigenvalue weighted by atomic mass is 16.3. The first-order chi connectivity index (χ1) is 12.2. The molecule has 134 valence electrons. The van der Waals surface area contributed by atoms with E-state index in [1.165, 1.54) is 6.42 Å². The zero-order valence-corrected chi connectivity index (χ0v) is 14.8. The number of aliphatic hydroxyl groups is 1. The van der Waals surface area contributed by atoms with E-state index in [-0.39, 0.29) is 6.10 Å². The van der Waals surface area contributed by atoms with Gasteiger partial charge in [-0.1, -0.05) is 12.8 Å². The third-order valence-corrected chi connectivity index (χ3v) is 5.39. The van der Waals surface area contributed by atoms with Gasteiger partial charge in [0.15, 0.2) is 11.6 Å². The Balaban J connectivity index is 1.37. The van der Waals surface area contributed by atoms with Crippen LogP contribution in [-0.4, -0.2) is 68.3 Å². The average Bonchev–Trinajstić information content (AvgIpc) is 3.09. The molecule has 25 heavy (non-hydrogen) atoms. The third kappa shape index (κ3) is 3.52. The maximum atomic E-state index is 10.3. The van der Waals surface area contributed by atoms with E-state index in [1.54, 1.807) is 4.68 Å². The smallest absolute Gasteiger partial charge is 0.175 e. The highest BCUT2D eigenvalue weighted by Crippen LogP contribution is 2.25. The van der Waals surface area contributed by atoms with Gasteiger partial charge in [-0.2, -0.15) is 5.10 Å². The van der Waals surface area contributed by atoms with Crippen LogP contribution in [0.25, 0.3) is 5.82 Å². The van der Waals surface area contributed by atoms with Crippen molar-refractivity contribution < 1.29 is 5.11 Å². The molecule has 0 aromatic carbocycles. The summed E-state index contributed by atoms with van der Waals surface area (Å²) < 4.78 is 1.74. The van der Waals surface area contributed by atoms with Crippen molar-refractivity contribution in [1.29, 1.82) is 0 Å². The summed E-state index contributed by atoms with van der Waals surface area (Å²) in [6, 6.07) is 6.28. The van der Waals surface area contributed by atoms with Crippen molar-refractivity contribution in [1.82, 2.24) is 24.9 Å². The molecule has 1 N–H and O–H groups in total. The number of aliphatic hydroxyl groups excluding tert-OH is 1. The highest BCUT2D eigenvalue weighted by molar-refractivity contribution is 5.40. The van der Waals surface area contributed by atoms with E-state index in [0.29, 0.717) is 6.04 Å². The van der Waals surface area contributed by atoms with E-state index < -0.39 is 0 Å². The fourth-order valence-electron chi connectivity index (χ4n) is 3.95. The largest absolute Gasteiger partial charge is 0.391 e. The Kier molecular flexibility index (Phi) is 4.67. The normalized spacial score (nSPS) is 25.3. The summed E-state index contributed by atoms with van der Waals surface area (Å²) >= 11 is 0. The van der Waals surface area contributed by atoms with Crippen LogP contribution >= 0.6 is 0 Å². The Hall–Kier alpha value is -1.99. The predicted octanol–water partition coefficient (Wildman–Crippen LogP) is 1.40. The number of aromatic nitrogens is 4. The number of nitrogens with zero attached hydrogens (tertiary/aromatic N) is 6. The van der Waals surface area contributed by atoms with E-state index in [4.69, 9.17) is 0 Å². The first kappa shape index (κ1) is 16.5. The zero-order chi connectivity index (χ0) is 17.2. The summed E-state index contributed by atoms with van der Waals surface area (Å²) in [6.45, 7) is 5.77. The Bertz CT molecular complexity index is 692. The van der Waals surface area contributed by atoms with Crippen molar-refractivity contribution in [3.8, 4) is 5.82 Å². The van der Waals surface area contributed by atoms with Crippen LogP contribution in [0.5, 0.6) is 0 Å². The highest BCUT2D eigenvalue weighted by Gasteiger charge is 2.31. The number of hydrogen-bond donors (Lipinski definition) is 1. The molecule has 1 saturated carbocycles. The van der Waals surface area contributed by atoms with E-state index in [0.717, 1.165) is 62.8 Å². The fourth-order valence-corrected chi connectivity index (χ4v) is 3.95. The SMILES string of the molecule is Cc1ccn(-c2ccc(N3CCN(C4CCCCC4O)CC3)nn2)n1. The second kappa shape index (κ2) is 7.09. The zero-order valence-electron chi connectivity index (χ0n) is 14.8. The van der Waals surface area contributed by atoms with Crippen molar-refractivity contribution in [3.63, 3.8) is 0 Å². The molecule has 1 aliphatic heterocycles. The molecule has 2 atom stereocenters. The number of rotatable bonds is 3. The minimum atomic E-state index is -0.156. The van der Waals surface area contributed by atoms with Gasteiger partial charge in [-0.25, -0.2) is 4.68 Å². The van der Waals surface area contributed by atoms with E-state index >= 15 is 0 Å². The molecule has 2 aliphatic rings. The number of piperazine rings is 1. The van der Waals surface area contributed by atoms with Gasteiger partial charge in [0.1, 0.15) is 0 Å². The Morgan fingerprint density at radius 1 is 0.960 bits per heavy atom. The van der Waals surface area contributed by atoms with Gasteiger partial charge < -0.3 is 10.0 Å². The standard InChI is InChI=1S/C18H26N6O/c1-14-8-9-24(21-14)18-7-6-17(19-20-18)23-12-10-22(11-13-23)15-4-2-3-5-16(15)25/h6-9,15-16,25H,2-5,10-13H2,1H3. The summed E-state index contributed by atoms with van der Waals surface area (Å²) in [5.41, 5.74) is 0.965. The van der Waals surface area contributed by atoms with Crippen molar-refractivity contribution in [2.24, 2.45) is 0 Å². The quantitative estimate of drug-likeness (QED) is 0.909. The van der Waals surface area contributed by atoms with Crippen LogP contribution in [0.1, 0.15) is 31.4 Å². The molecule has 3 heterocycles. The van der Waals surface area contributed by atoms with Crippen molar-refractivity contribution in [2.45, 2.75) is 44.8 Å². The summed E-state index contributed by atoms with van der Waals surface area (Å²) in [7, 11) is 0.